The highest BCUT2D eigenvalue weighted by Gasteiger charge is 2.24. The highest BCUT2D eigenvalue weighted by Crippen LogP contribution is 2.25. The van der Waals surface area contributed by atoms with Gasteiger partial charge in [0.1, 0.15) is 11.4 Å². The first-order valence-electron chi connectivity index (χ1n) is 7.57. The number of pyridine rings is 1. The standard InChI is InChI=1S/C18H15ClN2O4/c1-10-13-5-3-4-6-14(13)25-16(10)18(23)24-11(2)17(22)21-15-8-7-12(19)9-20-15/h3-9,11H,1-2H3,(H,20,21,22)/t11-/m0/s1. The van der Waals surface area contributed by atoms with E-state index in [1.807, 2.05) is 18.2 Å². The third kappa shape index (κ3) is 3.64. The van der Waals surface area contributed by atoms with Gasteiger partial charge in [0.25, 0.3) is 5.91 Å². The minimum Gasteiger partial charge on any atom is -0.449 e. The van der Waals surface area contributed by atoms with Crippen LogP contribution in [0.1, 0.15) is 23.0 Å². The van der Waals surface area contributed by atoms with Gasteiger partial charge in [0.05, 0.1) is 5.02 Å². The summed E-state index contributed by atoms with van der Waals surface area (Å²) in [5, 5.41) is 3.84. The van der Waals surface area contributed by atoms with Gasteiger partial charge in [-0.15, -0.1) is 0 Å². The van der Waals surface area contributed by atoms with Gasteiger partial charge in [-0.1, -0.05) is 29.8 Å². The van der Waals surface area contributed by atoms with Crippen molar-refractivity contribution in [2.75, 3.05) is 5.32 Å². The van der Waals surface area contributed by atoms with Gasteiger partial charge in [-0.3, -0.25) is 4.79 Å². The summed E-state index contributed by atoms with van der Waals surface area (Å²) in [6, 6.07) is 10.4. The van der Waals surface area contributed by atoms with Crippen molar-refractivity contribution in [2.24, 2.45) is 0 Å². The summed E-state index contributed by atoms with van der Waals surface area (Å²) in [4.78, 5) is 28.4. The average Bonchev–Trinajstić information content (AvgIpc) is 2.94. The normalized spacial score (nSPS) is 12.0. The van der Waals surface area contributed by atoms with E-state index in [1.165, 1.54) is 13.1 Å². The molecule has 25 heavy (non-hydrogen) atoms. The number of nitrogens with zero attached hydrogens (tertiary/aromatic N) is 1. The molecule has 0 spiro atoms. The number of nitrogens with one attached hydrogen (secondary N) is 1. The smallest absolute Gasteiger partial charge is 0.375 e. The molecule has 0 unspecified atom stereocenters. The number of furan rings is 1. The van der Waals surface area contributed by atoms with E-state index in [9.17, 15) is 9.59 Å². The van der Waals surface area contributed by atoms with Crippen molar-refractivity contribution in [3.63, 3.8) is 0 Å². The zero-order valence-electron chi connectivity index (χ0n) is 13.6. The summed E-state index contributed by atoms with van der Waals surface area (Å²) >= 11 is 5.74. The number of fused-ring (bicyclic) bond motifs is 1. The number of carbonyl (C=O) groups is 2. The van der Waals surface area contributed by atoms with E-state index < -0.39 is 18.0 Å². The Balaban J connectivity index is 1.69. The van der Waals surface area contributed by atoms with Gasteiger partial charge in [-0.05, 0) is 32.0 Å². The molecule has 6 nitrogen and oxygen atoms in total. The molecule has 3 rings (SSSR count). The van der Waals surface area contributed by atoms with Crippen molar-refractivity contribution in [3.05, 3.63) is 58.9 Å². The number of carbonyl (C=O) groups excluding carboxylic acids is 2. The number of amides is 1. The van der Waals surface area contributed by atoms with Crippen LogP contribution in [0, 0.1) is 6.92 Å². The second-order valence-electron chi connectivity index (χ2n) is 5.45. The maximum absolute atomic E-state index is 12.3. The monoisotopic (exact) mass is 358 g/mol. The maximum Gasteiger partial charge on any atom is 0.375 e. The number of ether oxygens (including phenoxy) is 1. The minimum atomic E-state index is -1.02. The lowest BCUT2D eigenvalue weighted by atomic mass is 10.1. The molecular formula is C18H15ClN2O4. The lowest BCUT2D eigenvalue weighted by molar-refractivity contribution is -0.123. The van der Waals surface area contributed by atoms with Crippen molar-refractivity contribution in [3.8, 4) is 0 Å². The van der Waals surface area contributed by atoms with Crippen LogP contribution in [0.3, 0.4) is 0 Å². The number of hydrogen-bond acceptors (Lipinski definition) is 5. The van der Waals surface area contributed by atoms with Crippen molar-refractivity contribution in [1.29, 1.82) is 0 Å². The number of esters is 1. The molecule has 1 N–H and O–H groups in total. The minimum absolute atomic E-state index is 0.0884. The van der Waals surface area contributed by atoms with Crippen LogP contribution in [-0.2, 0) is 9.53 Å². The van der Waals surface area contributed by atoms with Crippen LogP contribution in [-0.4, -0.2) is 23.0 Å². The Hall–Kier alpha value is -2.86. The summed E-state index contributed by atoms with van der Waals surface area (Å²) in [5.74, 6) is -0.792. The number of para-hydroxylation sites is 1. The quantitative estimate of drug-likeness (QED) is 0.713. The van der Waals surface area contributed by atoms with Gasteiger partial charge in [0, 0.05) is 17.1 Å². The fourth-order valence-corrected chi connectivity index (χ4v) is 2.43. The first-order valence-corrected chi connectivity index (χ1v) is 7.95. The van der Waals surface area contributed by atoms with Crippen LogP contribution in [0.25, 0.3) is 11.0 Å². The molecule has 0 bridgehead atoms. The molecule has 1 amide bonds. The molecule has 0 fully saturated rings. The van der Waals surface area contributed by atoms with Crippen LogP contribution in [0.5, 0.6) is 0 Å². The summed E-state index contributed by atoms with van der Waals surface area (Å²) in [6.07, 6.45) is 0.392. The Morgan fingerprint density at radius 2 is 2.00 bits per heavy atom. The van der Waals surface area contributed by atoms with Gasteiger partial charge in [-0.25, -0.2) is 9.78 Å². The van der Waals surface area contributed by atoms with Gasteiger partial charge in [0.15, 0.2) is 6.10 Å². The zero-order valence-corrected chi connectivity index (χ0v) is 14.3. The second-order valence-corrected chi connectivity index (χ2v) is 5.89. The Bertz CT molecular complexity index is 934. The molecule has 0 aliphatic heterocycles. The van der Waals surface area contributed by atoms with Gasteiger partial charge in [-0.2, -0.15) is 0 Å². The summed E-state index contributed by atoms with van der Waals surface area (Å²) < 4.78 is 10.7. The van der Waals surface area contributed by atoms with Gasteiger partial charge < -0.3 is 14.5 Å². The van der Waals surface area contributed by atoms with Crippen molar-refractivity contribution < 1.29 is 18.7 Å². The average molecular weight is 359 g/mol. The first kappa shape index (κ1) is 17.0. The molecule has 3 aromatic rings. The first-order chi connectivity index (χ1) is 12.0. The van der Waals surface area contributed by atoms with E-state index >= 15 is 0 Å². The molecule has 1 aromatic carbocycles. The van der Waals surface area contributed by atoms with E-state index in [-0.39, 0.29) is 5.76 Å². The molecule has 128 valence electrons. The molecule has 7 heteroatoms. The number of benzene rings is 1. The van der Waals surface area contributed by atoms with Crippen molar-refractivity contribution >= 4 is 40.3 Å². The molecule has 0 saturated carbocycles. The van der Waals surface area contributed by atoms with E-state index in [1.54, 1.807) is 25.1 Å². The maximum atomic E-state index is 12.3. The Kier molecular flexibility index (Phi) is 4.72. The molecular weight excluding hydrogens is 344 g/mol. The topological polar surface area (TPSA) is 81.4 Å². The van der Waals surface area contributed by atoms with Gasteiger partial charge >= 0.3 is 5.97 Å². The number of rotatable bonds is 4. The van der Waals surface area contributed by atoms with Gasteiger partial charge in [0.2, 0.25) is 5.76 Å². The van der Waals surface area contributed by atoms with Crippen LogP contribution >= 0.6 is 11.6 Å². The molecule has 0 radical (unpaired) electrons. The second kappa shape index (κ2) is 6.94. The predicted octanol–water partition coefficient (Wildman–Crippen LogP) is 3.97. The highest BCUT2D eigenvalue weighted by molar-refractivity contribution is 6.30. The largest absolute Gasteiger partial charge is 0.449 e. The van der Waals surface area contributed by atoms with Crippen LogP contribution in [0.15, 0.2) is 47.0 Å². The molecule has 0 aliphatic carbocycles. The molecule has 1 atom stereocenters. The molecule has 2 aromatic heterocycles. The summed E-state index contributed by atoms with van der Waals surface area (Å²) in [7, 11) is 0. The SMILES string of the molecule is Cc1c(C(=O)O[C@@H](C)C(=O)Nc2ccc(Cl)cn2)oc2ccccc12. The van der Waals surface area contributed by atoms with E-state index in [0.29, 0.717) is 22.0 Å². The Morgan fingerprint density at radius 1 is 1.24 bits per heavy atom. The van der Waals surface area contributed by atoms with Crippen molar-refractivity contribution in [2.45, 2.75) is 20.0 Å². The van der Waals surface area contributed by atoms with E-state index in [2.05, 4.69) is 10.3 Å². The lowest BCUT2D eigenvalue weighted by Crippen LogP contribution is -2.30. The number of anilines is 1. The lowest BCUT2D eigenvalue weighted by Gasteiger charge is -2.12. The van der Waals surface area contributed by atoms with E-state index in [4.69, 9.17) is 20.8 Å². The highest BCUT2D eigenvalue weighted by atomic mass is 35.5. The third-order valence-corrected chi connectivity index (χ3v) is 3.88. The molecule has 2 heterocycles. The predicted molar refractivity (Wildman–Crippen MR) is 93.7 cm³/mol. The van der Waals surface area contributed by atoms with Crippen molar-refractivity contribution in [1.82, 2.24) is 4.98 Å². The Labute approximate surface area is 148 Å². The fraction of sp³-hybridized carbons (Fsp3) is 0.167. The number of aromatic nitrogens is 1. The number of halogens is 1. The summed E-state index contributed by atoms with van der Waals surface area (Å²) in [5.41, 5.74) is 1.27. The third-order valence-electron chi connectivity index (χ3n) is 3.66. The molecule has 0 saturated heterocycles. The van der Waals surface area contributed by atoms with Crippen LogP contribution < -0.4 is 5.32 Å². The number of hydrogen-bond donors (Lipinski definition) is 1. The van der Waals surface area contributed by atoms with E-state index in [0.717, 1.165) is 5.39 Å². The Morgan fingerprint density at radius 3 is 2.68 bits per heavy atom. The molecule has 0 aliphatic rings. The fourth-order valence-electron chi connectivity index (χ4n) is 2.31. The van der Waals surface area contributed by atoms with Crippen LogP contribution in [0.2, 0.25) is 5.02 Å². The van der Waals surface area contributed by atoms with Crippen LogP contribution in [0.4, 0.5) is 5.82 Å². The zero-order chi connectivity index (χ0) is 18.0. The summed E-state index contributed by atoms with van der Waals surface area (Å²) in [6.45, 7) is 3.24. The number of aryl methyl sites for hydroxylation is 1.